The van der Waals surface area contributed by atoms with E-state index in [-0.39, 0.29) is 5.69 Å². The van der Waals surface area contributed by atoms with Crippen molar-refractivity contribution in [3.05, 3.63) is 17.5 Å². The van der Waals surface area contributed by atoms with Gasteiger partial charge in [-0.25, -0.2) is 0 Å². The molecule has 3 nitrogen and oxygen atoms in total. The molecule has 1 heterocycles. The van der Waals surface area contributed by atoms with Gasteiger partial charge in [0.1, 0.15) is 5.69 Å². The van der Waals surface area contributed by atoms with Crippen molar-refractivity contribution in [2.75, 3.05) is 0 Å². The molecule has 1 aromatic rings. The van der Waals surface area contributed by atoms with Crippen LogP contribution < -0.4 is 0 Å². The van der Waals surface area contributed by atoms with Crippen molar-refractivity contribution in [3.8, 4) is 0 Å². The molecule has 0 radical (unpaired) electrons. The van der Waals surface area contributed by atoms with Gasteiger partial charge in [0.05, 0.1) is 12.2 Å². The maximum absolute atomic E-state index is 12.1. The third-order valence-electron chi connectivity index (χ3n) is 1.36. The average molecular weight is 180 g/mol. The summed E-state index contributed by atoms with van der Waals surface area (Å²) in [5.41, 5.74) is -1.22. The topological polar surface area (TPSA) is 38.0 Å². The second kappa shape index (κ2) is 2.78. The highest BCUT2D eigenvalue weighted by Crippen LogP contribution is 2.31. The molecule has 1 N–H and O–H groups in total. The summed E-state index contributed by atoms with van der Waals surface area (Å²) in [7, 11) is 1.37. The molecule has 0 fully saturated rings. The minimum Gasteiger partial charge on any atom is -0.390 e. The molecule has 0 aliphatic rings. The Hall–Kier alpha value is -1.04. The highest BCUT2D eigenvalue weighted by atomic mass is 19.4. The van der Waals surface area contributed by atoms with Gasteiger partial charge in [-0.1, -0.05) is 0 Å². The van der Waals surface area contributed by atoms with Crippen LogP contribution in [0.4, 0.5) is 13.2 Å². The zero-order valence-corrected chi connectivity index (χ0v) is 6.26. The van der Waals surface area contributed by atoms with Gasteiger partial charge in [0.25, 0.3) is 0 Å². The lowest BCUT2D eigenvalue weighted by Crippen LogP contribution is -2.06. The van der Waals surface area contributed by atoms with E-state index in [0.717, 1.165) is 10.9 Å². The van der Waals surface area contributed by atoms with Crippen LogP contribution in [0.15, 0.2) is 6.20 Å². The Morgan fingerprint density at radius 1 is 1.58 bits per heavy atom. The summed E-state index contributed by atoms with van der Waals surface area (Å²) in [5, 5.41) is 12.0. The highest BCUT2D eigenvalue weighted by molar-refractivity contribution is 5.19. The Kier molecular flexibility index (Phi) is 2.10. The molecule has 0 aliphatic heterocycles. The number of halogens is 3. The fraction of sp³-hybridized carbons (Fsp3) is 0.500. The first-order valence-corrected chi connectivity index (χ1v) is 3.15. The minimum absolute atomic E-state index is 0.343. The first-order valence-electron chi connectivity index (χ1n) is 3.15. The lowest BCUT2D eigenvalue weighted by Gasteiger charge is -2.03. The normalized spacial score (nSPS) is 12.1. The Balaban J connectivity index is 3.13. The van der Waals surface area contributed by atoms with Gasteiger partial charge in [0.15, 0.2) is 0 Å². The van der Waals surface area contributed by atoms with E-state index in [4.69, 9.17) is 5.11 Å². The number of aliphatic hydroxyl groups is 1. The number of alkyl halides is 3. The van der Waals surface area contributed by atoms with Gasteiger partial charge in [-0.05, 0) is 0 Å². The Labute approximate surface area is 66.4 Å². The Morgan fingerprint density at radius 2 is 2.17 bits per heavy atom. The molecule has 1 rings (SSSR count). The van der Waals surface area contributed by atoms with Gasteiger partial charge in [0.2, 0.25) is 0 Å². The molecular formula is C6H7F3N2O. The molecule has 12 heavy (non-hydrogen) atoms. The summed E-state index contributed by atoms with van der Waals surface area (Å²) in [6.07, 6.45) is -3.60. The van der Waals surface area contributed by atoms with Gasteiger partial charge < -0.3 is 5.11 Å². The molecule has 6 heteroatoms. The second-order valence-corrected chi connectivity index (χ2v) is 2.32. The molecular weight excluding hydrogens is 173 g/mol. The van der Waals surface area contributed by atoms with E-state index in [9.17, 15) is 13.2 Å². The SMILES string of the molecule is Cn1cc(C(F)(F)F)c(CO)n1. The van der Waals surface area contributed by atoms with E-state index < -0.39 is 18.3 Å². The van der Waals surface area contributed by atoms with Crippen molar-refractivity contribution in [1.29, 1.82) is 0 Å². The smallest absolute Gasteiger partial charge is 0.390 e. The molecule has 68 valence electrons. The van der Waals surface area contributed by atoms with Crippen LogP contribution in [0.5, 0.6) is 0 Å². The van der Waals surface area contributed by atoms with E-state index >= 15 is 0 Å². The van der Waals surface area contributed by atoms with Crippen molar-refractivity contribution in [2.45, 2.75) is 12.8 Å². The van der Waals surface area contributed by atoms with E-state index in [0.29, 0.717) is 0 Å². The van der Waals surface area contributed by atoms with Crippen molar-refractivity contribution >= 4 is 0 Å². The standard InChI is InChI=1S/C6H7F3N2O/c1-11-2-4(6(7,8)9)5(3-12)10-11/h2,12H,3H2,1H3. The lowest BCUT2D eigenvalue weighted by atomic mass is 10.2. The molecule has 0 spiro atoms. The molecule has 0 aromatic carbocycles. The molecule has 0 amide bonds. The van der Waals surface area contributed by atoms with Gasteiger partial charge >= 0.3 is 6.18 Å². The van der Waals surface area contributed by atoms with E-state index in [1.165, 1.54) is 7.05 Å². The maximum atomic E-state index is 12.1. The zero-order chi connectivity index (χ0) is 9.35. The largest absolute Gasteiger partial charge is 0.419 e. The average Bonchev–Trinajstić information content (AvgIpc) is 2.29. The van der Waals surface area contributed by atoms with E-state index in [2.05, 4.69) is 5.10 Å². The van der Waals surface area contributed by atoms with Crippen molar-refractivity contribution in [1.82, 2.24) is 9.78 Å². The predicted octanol–water partition coefficient (Wildman–Crippen LogP) is 0.931. The van der Waals surface area contributed by atoms with Gasteiger partial charge in [-0.15, -0.1) is 0 Å². The number of hydrogen-bond acceptors (Lipinski definition) is 2. The molecule has 1 aromatic heterocycles. The summed E-state index contributed by atoms with van der Waals surface area (Å²) < 4.78 is 37.3. The Morgan fingerprint density at radius 3 is 2.50 bits per heavy atom. The van der Waals surface area contributed by atoms with Crippen LogP contribution in [0, 0.1) is 0 Å². The number of rotatable bonds is 1. The molecule has 0 unspecified atom stereocenters. The summed E-state index contributed by atoms with van der Waals surface area (Å²) in [5.74, 6) is 0. The lowest BCUT2D eigenvalue weighted by molar-refractivity contribution is -0.138. The van der Waals surface area contributed by atoms with Crippen molar-refractivity contribution < 1.29 is 18.3 Å². The van der Waals surface area contributed by atoms with Crippen LogP contribution in [0.1, 0.15) is 11.3 Å². The number of nitrogens with zero attached hydrogens (tertiary/aromatic N) is 2. The van der Waals surface area contributed by atoms with E-state index in [1.54, 1.807) is 0 Å². The summed E-state index contributed by atoms with van der Waals surface area (Å²) >= 11 is 0. The van der Waals surface area contributed by atoms with Crippen LogP contribution in [-0.2, 0) is 19.8 Å². The molecule has 0 aliphatic carbocycles. The van der Waals surface area contributed by atoms with Crippen LogP contribution in [-0.4, -0.2) is 14.9 Å². The van der Waals surface area contributed by atoms with Crippen LogP contribution >= 0.6 is 0 Å². The fourth-order valence-electron chi connectivity index (χ4n) is 0.888. The quantitative estimate of drug-likeness (QED) is 0.698. The first kappa shape index (κ1) is 9.05. The monoisotopic (exact) mass is 180 g/mol. The summed E-state index contributed by atoms with van der Waals surface area (Å²) in [4.78, 5) is 0. The zero-order valence-electron chi connectivity index (χ0n) is 6.26. The number of aromatic nitrogens is 2. The molecule has 0 bridgehead atoms. The number of hydrogen-bond donors (Lipinski definition) is 1. The van der Waals surface area contributed by atoms with Crippen molar-refractivity contribution in [3.63, 3.8) is 0 Å². The fourth-order valence-corrected chi connectivity index (χ4v) is 0.888. The highest BCUT2D eigenvalue weighted by Gasteiger charge is 2.35. The summed E-state index contributed by atoms with van der Waals surface area (Å²) in [6.45, 7) is -0.699. The summed E-state index contributed by atoms with van der Waals surface area (Å²) in [6, 6.07) is 0. The van der Waals surface area contributed by atoms with Crippen LogP contribution in [0.3, 0.4) is 0 Å². The second-order valence-electron chi connectivity index (χ2n) is 2.32. The third-order valence-corrected chi connectivity index (χ3v) is 1.36. The third kappa shape index (κ3) is 1.58. The Bertz CT molecular complexity index is 279. The predicted molar refractivity (Wildman–Crippen MR) is 34.1 cm³/mol. The molecule has 0 saturated heterocycles. The number of aliphatic hydroxyl groups excluding tert-OH is 1. The van der Waals surface area contributed by atoms with Gasteiger partial charge in [0, 0.05) is 13.2 Å². The first-order chi connectivity index (χ1) is 5.45. The van der Waals surface area contributed by atoms with Crippen molar-refractivity contribution in [2.24, 2.45) is 7.05 Å². The molecule has 0 atom stereocenters. The van der Waals surface area contributed by atoms with Crippen LogP contribution in [0.2, 0.25) is 0 Å². The van der Waals surface area contributed by atoms with Crippen LogP contribution in [0.25, 0.3) is 0 Å². The van der Waals surface area contributed by atoms with E-state index in [1.807, 2.05) is 0 Å². The van der Waals surface area contributed by atoms with Gasteiger partial charge in [-0.3, -0.25) is 4.68 Å². The minimum atomic E-state index is -4.44. The maximum Gasteiger partial charge on any atom is 0.419 e. The number of aryl methyl sites for hydroxylation is 1. The molecule has 0 saturated carbocycles. The van der Waals surface area contributed by atoms with Gasteiger partial charge in [-0.2, -0.15) is 18.3 Å².